The fourth-order valence-corrected chi connectivity index (χ4v) is 2.33. The molecule has 1 aliphatic heterocycles. The molecule has 1 fully saturated rings. The molecule has 1 atom stereocenters. The maximum atomic E-state index is 12.2. The monoisotopic (exact) mass is 276 g/mol. The van der Waals surface area contributed by atoms with Crippen LogP contribution in [0, 0.1) is 13.8 Å². The Morgan fingerprint density at radius 3 is 3.00 bits per heavy atom. The minimum Gasteiger partial charge on any atom is -0.379 e. The second-order valence-corrected chi connectivity index (χ2v) is 4.88. The van der Waals surface area contributed by atoms with Gasteiger partial charge >= 0.3 is 0 Å². The molecule has 2 aromatic rings. The lowest BCUT2D eigenvalue weighted by Crippen LogP contribution is -2.13. The van der Waals surface area contributed by atoms with Crippen LogP contribution in [0.3, 0.4) is 0 Å². The number of amides is 1. The van der Waals surface area contributed by atoms with Gasteiger partial charge in [0.25, 0.3) is 5.91 Å². The summed E-state index contributed by atoms with van der Waals surface area (Å²) in [4.78, 5) is 12.2. The molecule has 1 saturated heterocycles. The van der Waals surface area contributed by atoms with Crippen LogP contribution in [0.2, 0.25) is 0 Å². The molecule has 7 heteroatoms. The number of anilines is 1. The van der Waals surface area contributed by atoms with E-state index in [0.717, 1.165) is 13.0 Å². The van der Waals surface area contributed by atoms with Crippen LogP contribution in [0.1, 0.15) is 34.3 Å². The molecular weight excluding hydrogens is 260 g/mol. The first-order chi connectivity index (χ1) is 9.65. The zero-order chi connectivity index (χ0) is 14.1. The van der Waals surface area contributed by atoms with E-state index < -0.39 is 0 Å². The molecule has 0 aliphatic carbocycles. The van der Waals surface area contributed by atoms with Gasteiger partial charge in [0, 0.05) is 12.8 Å². The van der Waals surface area contributed by atoms with Crippen LogP contribution in [-0.2, 0) is 4.74 Å². The molecule has 20 heavy (non-hydrogen) atoms. The van der Waals surface area contributed by atoms with Crippen molar-refractivity contribution in [1.29, 1.82) is 0 Å². The maximum Gasteiger partial charge on any atom is 0.261 e. The predicted molar refractivity (Wildman–Crippen MR) is 70.6 cm³/mol. The zero-order valence-corrected chi connectivity index (χ0v) is 11.4. The molecule has 1 amide bonds. The molecule has 3 heterocycles. The standard InChI is InChI=1S/C13H16N4O3/c1-8-12(9(2)20-16-8)13(18)15-10-5-14-17(6-10)11-3-4-19-7-11/h5-6,11H,3-4,7H2,1-2H3,(H,15,18)/t11-/m1/s1. The van der Waals surface area contributed by atoms with Crippen LogP contribution >= 0.6 is 0 Å². The Bertz CT molecular complexity index is 606. The summed E-state index contributed by atoms with van der Waals surface area (Å²) < 4.78 is 12.1. The van der Waals surface area contributed by atoms with Crippen LogP contribution in [-0.4, -0.2) is 34.1 Å². The van der Waals surface area contributed by atoms with Crippen molar-refractivity contribution in [2.75, 3.05) is 18.5 Å². The topological polar surface area (TPSA) is 82.2 Å². The highest BCUT2D eigenvalue weighted by molar-refractivity contribution is 6.05. The molecule has 0 radical (unpaired) electrons. The number of carbonyl (C=O) groups is 1. The van der Waals surface area contributed by atoms with Crippen LogP contribution in [0.15, 0.2) is 16.9 Å². The van der Waals surface area contributed by atoms with E-state index in [2.05, 4.69) is 15.6 Å². The van der Waals surface area contributed by atoms with Gasteiger partial charge in [-0.2, -0.15) is 5.10 Å². The third-order valence-electron chi connectivity index (χ3n) is 3.40. The normalized spacial score (nSPS) is 18.4. The minimum atomic E-state index is -0.233. The smallest absolute Gasteiger partial charge is 0.261 e. The molecule has 0 unspecified atom stereocenters. The highest BCUT2D eigenvalue weighted by Gasteiger charge is 2.20. The molecule has 7 nitrogen and oxygen atoms in total. The summed E-state index contributed by atoms with van der Waals surface area (Å²) in [7, 11) is 0. The van der Waals surface area contributed by atoms with E-state index in [4.69, 9.17) is 9.26 Å². The number of rotatable bonds is 3. The lowest BCUT2D eigenvalue weighted by Gasteiger charge is -2.06. The van der Waals surface area contributed by atoms with Gasteiger partial charge in [0.1, 0.15) is 11.3 Å². The second-order valence-electron chi connectivity index (χ2n) is 4.88. The van der Waals surface area contributed by atoms with Gasteiger partial charge in [-0.1, -0.05) is 5.16 Å². The van der Waals surface area contributed by atoms with Crippen LogP contribution in [0.4, 0.5) is 5.69 Å². The van der Waals surface area contributed by atoms with Gasteiger partial charge in [-0.15, -0.1) is 0 Å². The Hall–Kier alpha value is -2.15. The SMILES string of the molecule is Cc1noc(C)c1C(=O)Nc1cnn([C@@H]2CCOC2)c1. The molecule has 0 aromatic carbocycles. The van der Waals surface area contributed by atoms with Gasteiger partial charge in [-0.25, -0.2) is 0 Å². The zero-order valence-electron chi connectivity index (χ0n) is 11.4. The molecular formula is C13H16N4O3. The molecule has 2 aromatic heterocycles. The molecule has 106 valence electrons. The summed E-state index contributed by atoms with van der Waals surface area (Å²) in [6.07, 6.45) is 4.39. The molecule has 1 aliphatic rings. The van der Waals surface area contributed by atoms with Crippen LogP contribution in [0.5, 0.6) is 0 Å². The first kappa shape index (κ1) is 12.9. The lowest BCUT2D eigenvalue weighted by molar-refractivity contribution is 0.102. The summed E-state index contributed by atoms with van der Waals surface area (Å²) in [5.41, 5.74) is 1.71. The second kappa shape index (κ2) is 5.09. The number of aromatic nitrogens is 3. The van der Waals surface area contributed by atoms with Crippen molar-refractivity contribution < 1.29 is 14.1 Å². The van der Waals surface area contributed by atoms with E-state index in [9.17, 15) is 4.79 Å². The molecule has 3 rings (SSSR count). The predicted octanol–water partition coefficient (Wildman–Crippen LogP) is 1.70. The molecule has 1 N–H and O–H groups in total. The summed E-state index contributed by atoms with van der Waals surface area (Å²) in [5.74, 6) is 0.278. The first-order valence-electron chi connectivity index (χ1n) is 6.51. The average molecular weight is 276 g/mol. The molecule has 0 spiro atoms. The van der Waals surface area contributed by atoms with Crippen LogP contribution < -0.4 is 5.32 Å². The van der Waals surface area contributed by atoms with E-state index in [0.29, 0.717) is 29.3 Å². The van der Waals surface area contributed by atoms with Gasteiger partial charge in [0.05, 0.1) is 30.2 Å². The summed E-state index contributed by atoms with van der Waals surface area (Å²) in [6, 6.07) is 0.250. The Labute approximate surface area is 115 Å². The Morgan fingerprint density at radius 2 is 2.35 bits per heavy atom. The van der Waals surface area contributed by atoms with E-state index in [-0.39, 0.29) is 11.9 Å². The Balaban J connectivity index is 1.73. The highest BCUT2D eigenvalue weighted by atomic mass is 16.5. The van der Waals surface area contributed by atoms with Gasteiger partial charge < -0.3 is 14.6 Å². The van der Waals surface area contributed by atoms with E-state index >= 15 is 0 Å². The number of nitrogens with one attached hydrogen (secondary N) is 1. The summed E-state index contributed by atoms with van der Waals surface area (Å²) in [6.45, 7) is 4.88. The number of nitrogens with zero attached hydrogens (tertiary/aromatic N) is 3. The largest absolute Gasteiger partial charge is 0.379 e. The van der Waals surface area contributed by atoms with Crippen molar-refractivity contribution in [3.63, 3.8) is 0 Å². The van der Waals surface area contributed by atoms with E-state index in [1.54, 1.807) is 20.0 Å². The van der Waals surface area contributed by atoms with Gasteiger partial charge in [-0.05, 0) is 20.3 Å². The van der Waals surface area contributed by atoms with Crippen molar-refractivity contribution in [3.8, 4) is 0 Å². The number of hydrogen-bond donors (Lipinski definition) is 1. The van der Waals surface area contributed by atoms with Gasteiger partial charge in [0.2, 0.25) is 0 Å². The number of aryl methyl sites for hydroxylation is 2. The van der Waals surface area contributed by atoms with Gasteiger partial charge in [-0.3, -0.25) is 9.48 Å². The fourth-order valence-electron chi connectivity index (χ4n) is 2.33. The Morgan fingerprint density at radius 1 is 1.50 bits per heavy atom. The third kappa shape index (κ3) is 2.32. The Kier molecular flexibility index (Phi) is 3.27. The van der Waals surface area contributed by atoms with Crippen molar-refractivity contribution in [2.24, 2.45) is 0 Å². The highest BCUT2D eigenvalue weighted by Crippen LogP contribution is 2.20. The van der Waals surface area contributed by atoms with E-state index in [1.807, 2.05) is 10.9 Å². The molecule has 0 saturated carbocycles. The van der Waals surface area contributed by atoms with Crippen molar-refractivity contribution >= 4 is 11.6 Å². The third-order valence-corrected chi connectivity index (χ3v) is 3.40. The van der Waals surface area contributed by atoms with E-state index in [1.165, 1.54) is 0 Å². The maximum absolute atomic E-state index is 12.2. The molecule has 0 bridgehead atoms. The average Bonchev–Trinajstić information content (AvgIpc) is 3.10. The van der Waals surface area contributed by atoms with Crippen molar-refractivity contribution in [1.82, 2.24) is 14.9 Å². The number of carbonyl (C=O) groups excluding carboxylic acids is 1. The quantitative estimate of drug-likeness (QED) is 0.922. The van der Waals surface area contributed by atoms with Crippen LogP contribution in [0.25, 0.3) is 0 Å². The van der Waals surface area contributed by atoms with Crippen molar-refractivity contribution in [3.05, 3.63) is 29.4 Å². The number of hydrogen-bond acceptors (Lipinski definition) is 5. The van der Waals surface area contributed by atoms with Crippen molar-refractivity contribution in [2.45, 2.75) is 26.3 Å². The van der Waals surface area contributed by atoms with Gasteiger partial charge in [0.15, 0.2) is 0 Å². The fraction of sp³-hybridized carbons (Fsp3) is 0.462. The first-order valence-corrected chi connectivity index (χ1v) is 6.51. The minimum absolute atomic E-state index is 0.233. The summed E-state index contributed by atoms with van der Waals surface area (Å²) >= 11 is 0. The summed E-state index contributed by atoms with van der Waals surface area (Å²) in [5, 5.41) is 10.8. The number of ether oxygens (including phenoxy) is 1. The lowest BCUT2D eigenvalue weighted by atomic mass is 10.2.